The molecule has 2 N–H and O–H groups in total. The highest BCUT2D eigenvalue weighted by molar-refractivity contribution is 7.98. The molecule has 4 rings (SSSR count). The number of aromatic amines is 1. The summed E-state index contributed by atoms with van der Waals surface area (Å²) in [6.45, 7) is 4.00. The Balaban J connectivity index is 0.00000158. The predicted octanol–water partition coefficient (Wildman–Crippen LogP) is 6.98. The first-order valence-corrected chi connectivity index (χ1v) is 12.2. The number of ketones is 1. The molecule has 2 heterocycles. The molecule has 1 atom stereocenters. The van der Waals surface area contributed by atoms with E-state index in [9.17, 15) is 9.18 Å². The fourth-order valence-corrected chi connectivity index (χ4v) is 4.09. The van der Waals surface area contributed by atoms with E-state index >= 15 is 4.39 Å². The normalized spacial score (nSPS) is 15.5. The second-order valence-corrected chi connectivity index (χ2v) is 9.23. The highest BCUT2D eigenvalue weighted by atomic mass is 35.5. The van der Waals surface area contributed by atoms with Gasteiger partial charge < -0.3 is 9.71 Å². The molecular weight excluding hydrogens is 478 g/mol. The van der Waals surface area contributed by atoms with E-state index in [1.165, 1.54) is 12.3 Å². The zero-order valence-electron chi connectivity index (χ0n) is 19.5. The molecule has 0 saturated carbocycles. The van der Waals surface area contributed by atoms with Crippen LogP contribution in [0.1, 0.15) is 48.2 Å². The summed E-state index contributed by atoms with van der Waals surface area (Å²) >= 11 is 7.32. The number of anilines is 1. The molecule has 0 aliphatic heterocycles. The van der Waals surface area contributed by atoms with Crippen LogP contribution in [0.5, 0.6) is 0 Å². The molecule has 0 bridgehead atoms. The van der Waals surface area contributed by atoms with Crippen LogP contribution in [0.25, 0.3) is 16.6 Å². The molecule has 0 radical (unpaired) electrons. The lowest BCUT2D eigenvalue weighted by atomic mass is 9.99. The van der Waals surface area contributed by atoms with Crippen molar-refractivity contribution in [2.75, 3.05) is 18.8 Å². The van der Waals surface area contributed by atoms with E-state index in [0.717, 1.165) is 42.2 Å². The van der Waals surface area contributed by atoms with Gasteiger partial charge in [0.15, 0.2) is 5.82 Å². The third-order valence-electron chi connectivity index (χ3n) is 5.06. The largest absolute Gasteiger partial charge is 0.345 e. The molecule has 0 saturated heterocycles. The molecule has 5 nitrogen and oxygen atoms in total. The molecule has 0 spiro atoms. The van der Waals surface area contributed by atoms with Gasteiger partial charge in [0, 0.05) is 41.0 Å². The summed E-state index contributed by atoms with van der Waals surface area (Å²) in [6, 6.07) is 4.15. The Morgan fingerprint density at radius 1 is 1.29 bits per heavy atom. The maximum atomic E-state index is 15.1. The van der Waals surface area contributed by atoms with Crippen LogP contribution in [0.15, 0.2) is 48.8 Å². The number of carbonyl (C=O) groups excluding carboxylic acids is 1. The van der Waals surface area contributed by atoms with Crippen molar-refractivity contribution in [3.63, 3.8) is 0 Å². The van der Waals surface area contributed by atoms with Crippen LogP contribution in [-0.2, 0) is 0 Å². The third-order valence-corrected chi connectivity index (χ3v) is 6.10. The molecule has 3 aromatic rings. The van der Waals surface area contributed by atoms with E-state index in [1.807, 2.05) is 26.0 Å². The monoisotopic (exact) mass is 504 g/mol. The van der Waals surface area contributed by atoms with Crippen LogP contribution in [0.4, 0.5) is 14.5 Å². The number of hydrogen-bond acceptors (Lipinski definition) is 5. The Bertz CT molecular complexity index is 1240. The number of alkyl halides is 1. The predicted molar refractivity (Wildman–Crippen MR) is 138 cm³/mol. The van der Waals surface area contributed by atoms with Gasteiger partial charge in [-0.05, 0) is 50.7 Å². The van der Waals surface area contributed by atoms with Crippen LogP contribution >= 0.6 is 23.7 Å². The number of rotatable bonds is 6. The van der Waals surface area contributed by atoms with Gasteiger partial charge in [-0.25, -0.2) is 18.1 Å². The van der Waals surface area contributed by atoms with Crippen LogP contribution in [-0.4, -0.2) is 39.5 Å². The topological polar surface area (TPSA) is 61.0 Å². The summed E-state index contributed by atoms with van der Waals surface area (Å²) in [4.78, 5) is 20.5. The van der Waals surface area contributed by atoms with Crippen molar-refractivity contribution in [3.8, 4) is 0 Å². The molecular formula is C25H27ClF2N4OS. The number of carbonyl (C=O) groups is 1. The lowest BCUT2D eigenvalue weighted by molar-refractivity contribution is 0.103. The summed E-state index contributed by atoms with van der Waals surface area (Å²) < 4.78 is 34.1. The first-order valence-electron chi connectivity index (χ1n) is 11.0. The zero-order valence-corrected chi connectivity index (χ0v) is 21.0. The fraction of sp³-hybridized carbons (Fsp3) is 0.280. The summed E-state index contributed by atoms with van der Waals surface area (Å²) in [6.07, 6.45) is 10.7. The van der Waals surface area contributed by atoms with E-state index in [2.05, 4.69) is 20.8 Å². The number of benzene rings is 1. The number of aromatic nitrogens is 2. The van der Waals surface area contributed by atoms with Crippen LogP contribution in [0, 0.1) is 11.6 Å². The maximum Gasteiger partial charge on any atom is 0.201 e. The highest BCUT2D eigenvalue weighted by Crippen LogP contribution is 2.30. The van der Waals surface area contributed by atoms with Gasteiger partial charge >= 0.3 is 0 Å². The van der Waals surface area contributed by atoms with Crippen LogP contribution < -0.4 is 4.72 Å². The quantitative estimate of drug-likeness (QED) is 0.215. The summed E-state index contributed by atoms with van der Waals surface area (Å²) in [5.74, 6) is -2.62. The van der Waals surface area contributed by atoms with Crippen molar-refractivity contribution in [2.45, 2.75) is 32.1 Å². The van der Waals surface area contributed by atoms with Gasteiger partial charge in [-0.3, -0.25) is 4.79 Å². The van der Waals surface area contributed by atoms with Gasteiger partial charge in [0.25, 0.3) is 0 Å². The molecule has 0 fully saturated rings. The van der Waals surface area contributed by atoms with Crippen molar-refractivity contribution < 1.29 is 13.6 Å². The molecule has 180 valence electrons. The standard InChI is InChI=1S/C23H21ClF2N4OS.C2H6/c1-30(2)32-29-19-9-8-18(25)20(21(19)26)22(31)17-12-28-23-16(17)10-14(11-27-23)13-4-3-5-15(24)7-6-13;1-2/h4,6-12,15,29H,3,5H2,1-2H3,(H,27,28);1-2H3. The molecule has 2 aromatic heterocycles. The molecule has 9 heteroatoms. The van der Waals surface area contributed by atoms with Crippen molar-refractivity contribution in [1.29, 1.82) is 0 Å². The van der Waals surface area contributed by atoms with E-state index in [0.29, 0.717) is 11.0 Å². The number of nitrogens with one attached hydrogen (secondary N) is 2. The van der Waals surface area contributed by atoms with Crippen LogP contribution in [0.2, 0.25) is 0 Å². The molecule has 1 aliphatic rings. The van der Waals surface area contributed by atoms with Gasteiger partial charge in [0.1, 0.15) is 11.5 Å². The third kappa shape index (κ3) is 5.68. The minimum Gasteiger partial charge on any atom is -0.345 e. The average molecular weight is 505 g/mol. The number of H-pyrrole nitrogens is 1. The zero-order chi connectivity index (χ0) is 24.8. The minimum absolute atomic E-state index is 0.0245. The second-order valence-electron chi connectivity index (χ2n) is 7.55. The fourth-order valence-electron chi connectivity index (χ4n) is 3.45. The number of fused-ring (bicyclic) bond motifs is 1. The number of halogens is 3. The first kappa shape index (κ1) is 25.9. The van der Waals surface area contributed by atoms with Gasteiger partial charge in [0.05, 0.1) is 16.6 Å². The van der Waals surface area contributed by atoms with E-state index in [4.69, 9.17) is 11.6 Å². The number of hydrogen-bond donors (Lipinski definition) is 2. The Morgan fingerprint density at radius 3 is 2.79 bits per heavy atom. The smallest absolute Gasteiger partial charge is 0.201 e. The van der Waals surface area contributed by atoms with Gasteiger partial charge in [-0.1, -0.05) is 32.1 Å². The van der Waals surface area contributed by atoms with Gasteiger partial charge in [-0.2, -0.15) is 0 Å². The number of nitrogens with zero attached hydrogens (tertiary/aromatic N) is 2. The van der Waals surface area contributed by atoms with Crippen LogP contribution in [0.3, 0.4) is 0 Å². The molecule has 1 aromatic carbocycles. The number of allylic oxidation sites excluding steroid dienone is 4. The Labute approximate surface area is 207 Å². The highest BCUT2D eigenvalue weighted by Gasteiger charge is 2.25. The lowest BCUT2D eigenvalue weighted by Crippen LogP contribution is -2.11. The minimum atomic E-state index is -0.939. The second kappa shape index (κ2) is 11.6. The maximum absolute atomic E-state index is 15.1. The Morgan fingerprint density at radius 2 is 2.06 bits per heavy atom. The summed E-state index contributed by atoms with van der Waals surface area (Å²) in [5.41, 5.74) is 1.76. The molecule has 1 unspecified atom stereocenters. The van der Waals surface area contributed by atoms with E-state index < -0.39 is 23.0 Å². The van der Waals surface area contributed by atoms with Crippen molar-refractivity contribution >= 4 is 51.8 Å². The SMILES string of the molecule is CC.CN(C)SNc1ccc(F)c(C(=O)c2c[nH]c3ncc(C4=CCCC(Cl)C=C4)cc23)c1F. The summed E-state index contributed by atoms with van der Waals surface area (Å²) in [7, 11) is 3.54. The average Bonchev–Trinajstić information content (AvgIpc) is 3.13. The van der Waals surface area contributed by atoms with Crippen molar-refractivity contribution in [1.82, 2.24) is 14.3 Å². The van der Waals surface area contributed by atoms with Gasteiger partial charge in [0.2, 0.25) is 5.78 Å². The molecule has 34 heavy (non-hydrogen) atoms. The molecule has 1 aliphatic carbocycles. The van der Waals surface area contributed by atoms with Crippen molar-refractivity contribution in [2.24, 2.45) is 0 Å². The Kier molecular flexibility index (Phi) is 8.88. The first-order chi connectivity index (χ1) is 16.3. The molecule has 0 amide bonds. The van der Waals surface area contributed by atoms with Crippen molar-refractivity contribution in [3.05, 3.63) is 77.1 Å². The lowest BCUT2D eigenvalue weighted by Gasteiger charge is -2.13. The van der Waals surface area contributed by atoms with E-state index in [-0.39, 0.29) is 16.6 Å². The number of pyridine rings is 1. The Hall–Kier alpha value is -2.68. The van der Waals surface area contributed by atoms with Gasteiger partial charge in [-0.15, -0.1) is 11.6 Å². The van der Waals surface area contributed by atoms with E-state index in [1.54, 1.807) is 30.7 Å². The summed E-state index contributed by atoms with van der Waals surface area (Å²) in [5, 5.41) is 0.454.